The van der Waals surface area contributed by atoms with Gasteiger partial charge in [-0.15, -0.1) is 0 Å². The highest BCUT2D eigenvalue weighted by Crippen LogP contribution is 2.31. The van der Waals surface area contributed by atoms with E-state index in [0.29, 0.717) is 17.2 Å². The molecule has 0 aliphatic heterocycles. The van der Waals surface area contributed by atoms with Gasteiger partial charge in [-0.25, -0.2) is 4.98 Å². The van der Waals surface area contributed by atoms with Crippen LogP contribution in [0.15, 0.2) is 60.8 Å². The van der Waals surface area contributed by atoms with Crippen molar-refractivity contribution >= 4 is 23.0 Å². The number of para-hydroxylation sites is 1. The number of hydrogen-bond acceptors (Lipinski definition) is 5. The molecule has 0 fully saturated rings. The van der Waals surface area contributed by atoms with Gasteiger partial charge in [-0.1, -0.05) is 25.1 Å². The van der Waals surface area contributed by atoms with Gasteiger partial charge in [-0.05, 0) is 42.3 Å². The summed E-state index contributed by atoms with van der Waals surface area (Å²) in [4.78, 5) is 16.8. The van der Waals surface area contributed by atoms with Gasteiger partial charge < -0.3 is 20.1 Å². The number of hydrogen-bond donors (Lipinski definition) is 2. The number of benzene rings is 2. The van der Waals surface area contributed by atoms with Gasteiger partial charge in [0.1, 0.15) is 17.2 Å². The molecule has 28 heavy (non-hydrogen) atoms. The van der Waals surface area contributed by atoms with Crippen molar-refractivity contribution in [2.45, 2.75) is 13.3 Å². The summed E-state index contributed by atoms with van der Waals surface area (Å²) >= 11 is 0. The van der Waals surface area contributed by atoms with Gasteiger partial charge in [0.25, 0.3) is 5.91 Å². The van der Waals surface area contributed by atoms with Crippen LogP contribution in [0.1, 0.15) is 23.0 Å². The Balaban J connectivity index is 1.74. The lowest BCUT2D eigenvalue weighted by atomic mass is 10.1. The van der Waals surface area contributed by atoms with Gasteiger partial charge in [0.2, 0.25) is 0 Å². The van der Waals surface area contributed by atoms with Crippen LogP contribution in [0.5, 0.6) is 11.5 Å². The Morgan fingerprint density at radius 3 is 2.50 bits per heavy atom. The van der Waals surface area contributed by atoms with Gasteiger partial charge in [0.05, 0.1) is 31.8 Å². The molecule has 1 heterocycles. The average molecular weight is 377 g/mol. The number of carbonyl (C=O) groups excluding carboxylic acids is 1. The molecule has 2 N–H and O–H groups in total. The Kier molecular flexibility index (Phi) is 6.11. The normalized spacial score (nSPS) is 10.2. The Labute approximate surface area is 164 Å². The van der Waals surface area contributed by atoms with Gasteiger partial charge in [-0.3, -0.25) is 4.79 Å². The minimum absolute atomic E-state index is 0.244. The largest absolute Gasteiger partial charge is 0.497 e. The molecule has 0 atom stereocenters. The Hall–Kier alpha value is -3.54. The van der Waals surface area contributed by atoms with E-state index in [0.717, 1.165) is 29.0 Å². The second-order valence-electron chi connectivity index (χ2n) is 6.09. The first-order valence-electron chi connectivity index (χ1n) is 8.99. The third kappa shape index (κ3) is 4.40. The Bertz CT molecular complexity index is 955. The smallest absolute Gasteiger partial charge is 0.274 e. The zero-order valence-corrected chi connectivity index (χ0v) is 16.2. The summed E-state index contributed by atoms with van der Waals surface area (Å²) in [5.41, 5.74) is 3.71. The summed E-state index contributed by atoms with van der Waals surface area (Å²) in [7, 11) is 3.21. The number of pyridine rings is 1. The maximum atomic E-state index is 12.5. The number of rotatable bonds is 7. The first-order chi connectivity index (χ1) is 13.6. The molecule has 0 saturated heterocycles. The van der Waals surface area contributed by atoms with Crippen LogP contribution in [0.2, 0.25) is 0 Å². The summed E-state index contributed by atoms with van der Waals surface area (Å²) in [6.07, 6.45) is 2.45. The van der Waals surface area contributed by atoms with Crippen molar-refractivity contribution < 1.29 is 14.3 Å². The van der Waals surface area contributed by atoms with Crippen LogP contribution in [0.25, 0.3) is 0 Å². The number of methoxy groups -OCH3 is 2. The quantitative estimate of drug-likeness (QED) is 0.627. The molecule has 3 aromatic rings. The van der Waals surface area contributed by atoms with Gasteiger partial charge >= 0.3 is 0 Å². The molecule has 0 unspecified atom stereocenters. The fraction of sp³-hybridized carbons (Fsp3) is 0.182. The van der Waals surface area contributed by atoms with Crippen LogP contribution in [0.4, 0.5) is 17.1 Å². The molecular weight excluding hydrogens is 354 g/mol. The predicted octanol–water partition coefficient (Wildman–Crippen LogP) is 4.66. The van der Waals surface area contributed by atoms with E-state index in [2.05, 4.69) is 22.5 Å². The Morgan fingerprint density at radius 2 is 1.82 bits per heavy atom. The lowest BCUT2D eigenvalue weighted by Crippen LogP contribution is -2.14. The molecular formula is C22H23N3O3. The number of ether oxygens (including phenoxy) is 2. The first-order valence-corrected chi connectivity index (χ1v) is 8.99. The fourth-order valence-corrected chi connectivity index (χ4v) is 2.81. The zero-order valence-electron chi connectivity index (χ0n) is 16.2. The number of anilines is 3. The molecule has 0 spiro atoms. The monoisotopic (exact) mass is 377 g/mol. The van der Waals surface area contributed by atoms with Crippen LogP contribution in [0, 0.1) is 0 Å². The molecule has 1 amide bonds. The van der Waals surface area contributed by atoms with Crippen molar-refractivity contribution in [3.8, 4) is 11.5 Å². The SMILES string of the molecule is CCc1ccccc1NC(=O)c1ccc(Nc2cc(OC)ccc2OC)cn1. The molecule has 0 bridgehead atoms. The maximum absolute atomic E-state index is 12.5. The standard InChI is InChI=1S/C22H23N3O3/c1-4-15-7-5-6-8-18(15)25-22(26)19-11-9-16(14-23-19)24-20-13-17(27-2)10-12-21(20)28-3/h5-14,24H,4H2,1-3H3,(H,25,26). The van der Waals surface area contributed by atoms with E-state index in [-0.39, 0.29) is 5.91 Å². The van der Waals surface area contributed by atoms with E-state index in [1.165, 1.54) is 0 Å². The highest BCUT2D eigenvalue weighted by molar-refractivity contribution is 6.03. The van der Waals surface area contributed by atoms with Crippen molar-refractivity contribution in [1.82, 2.24) is 4.98 Å². The number of nitrogens with one attached hydrogen (secondary N) is 2. The van der Waals surface area contributed by atoms with Gasteiger partial charge in [0.15, 0.2) is 0 Å². The van der Waals surface area contributed by atoms with Crippen molar-refractivity contribution in [3.05, 3.63) is 72.1 Å². The Morgan fingerprint density at radius 1 is 1.00 bits per heavy atom. The summed E-state index contributed by atoms with van der Waals surface area (Å²) < 4.78 is 10.6. The summed E-state index contributed by atoms with van der Waals surface area (Å²) in [5, 5.41) is 6.15. The van der Waals surface area contributed by atoms with Crippen LogP contribution >= 0.6 is 0 Å². The van der Waals surface area contributed by atoms with Crippen LogP contribution in [0.3, 0.4) is 0 Å². The zero-order chi connectivity index (χ0) is 19.9. The van der Waals surface area contributed by atoms with Crippen LogP contribution < -0.4 is 20.1 Å². The molecule has 0 saturated carbocycles. The minimum atomic E-state index is -0.244. The number of amides is 1. The number of carbonyl (C=O) groups is 1. The maximum Gasteiger partial charge on any atom is 0.274 e. The topological polar surface area (TPSA) is 72.5 Å². The average Bonchev–Trinajstić information content (AvgIpc) is 2.74. The second-order valence-corrected chi connectivity index (χ2v) is 6.09. The third-order valence-corrected chi connectivity index (χ3v) is 4.33. The lowest BCUT2D eigenvalue weighted by Gasteiger charge is -2.13. The molecule has 0 aliphatic rings. The van der Waals surface area contributed by atoms with Crippen LogP contribution in [-0.4, -0.2) is 25.1 Å². The number of nitrogens with zero attached hydrogens (tertiary/aromatic N) is 1. The van der Waals surface area contributed by atoms with E-state index in [1.807, 2.05) is 42.5 Å². The second kappa shape index (κ2) is 8.90. The summed E-state index contributed by atoms with van der Waals surface area (Å²) in [5.74, 6) is 1.15. The highest BCUT2D eigenvalue weighted by Gasteiger charge is 2.11. The fourth-order valence-electron chi connectivity index (χ4n) is 2.81. The molecule has 6 nitrogen and oxygen atoms in total. The summed E-state index contributed by atoms with van der Waals surface area (Å²) in [6, 6.07) is 16.7. The van der Waals surface area contributed by atoms with Gasteiger partial charge in [-0.2, -0.15) is 0 Å². The highest BCUT2D eigenvalue weighted by atomic mass is 16.5. The van der Waals surface area contributed by atoms with E-state index < -0.39 is 0 Å². The molecule has 144 valence electrons. The molecule has 0 radical (unpaired) electrons. The van der Waals surface area contributed by atoms with Crippen molar-refractivity contribution in [2.24, 2.45) is 0 Å². The third-order valence-electron chi connectivity index (χ3n) is 4.33. The van der Waals surface area contributed by atoms with E-state index in [1.54, 1.807) is 32.5 Å². The summed E-state index contributed by atoms with van der Waals surface area (Å²) in [6.45, 7) is 2.05. The molecule has 2 aromatic carbocycles. The van der Waals surface area contributed by atoms with Crippen molar-refractivity contribution in [2.75, 3.05) is 24.9 Å². The lowest BCUT2D eigenvalue weighted by molar-refractivity contribution is 0.102. The molecule has 6 heteroatoms. The molecule has 1 aromatic heterocycles. The van der Waals surface area contributed by atoms with E-state index >= 15 is 0 Å². The number of aromatic nitrogens is 1. The van der Waals surface area contributed by atoms with Crippen molar-refractivity contribution in [3.63, 3.8) is 0 Å². The van der Waals surface area contributed by atoms with E-state index in [9.17, 15) is 4.79 Å². The minimum Gasteiger partial charge on any atom is -0.497 e. The van der Waals surface area contributed by atoms with Gasteiger partial charge in [0, 0.05) is 11.8 Å². The van der Waals surface area contributed by atoms with E-state index in [4.69, 9.17) is 9.47 Å². The molecule has 0 aliphatic carbocycles. The van der Waals surface area contributed by atoms with Crippen molar-refractivity contribution in [1.29, 1.82) is 0 Å². The number of aryl methyl sites for hydroxylation is 1. The predicted molar refractivity (Wildman–Crippen MR) is 111 cm³/mol. The molecule has 3 rings (SSSR count). The first kappa shape index (κ1) is 19.2. The van der Waals surface area contributed by atoms with Crippen LogP contribution in [-0.2, 0) is 6.42 Å².